The van der Waals surface area contributed by atoms with Crippen molar-refractivity contribution in [2.75, 3.05) is 0 Å². The summed E-state index contributed by atoms with van der Waals surface area (Å²) in [6, 6.07) is 12.9. The third-order valence-electron chi connectivity index (χ3n) is 2.85. The molecular formula is C17H11ClFNO2. The van der Waals surface area contributed by atoms with Crippen LogP contribution in [0.2, 0.25) is 5.02 Å². The van der Waals surface area contributed by atoms with E-state index in [-0.39, 0.29) is 17.2 Å². The minimum absolute atomic E-state index is 0.0693. The molecule has 0 saturated heterocycles. The Balaban J connectivity index is 1.95. The zero-order valence-electron chi connectivity index (χ0n) is 11.4. The maximum Gasteiger partial charge on any atom is 0.331 e. The molecule has 5 heteroatoms. The molecule has 0 aliphatic rings. The predicted molar refractivity (Wildman–Crippen MR) is 81.4 cm³/mol. The summed E-state index contributed by atoms with van der Waals surface area (Å²) < 4.78 is 18.5. The van der Waals surface area contributed by atoms with E-state index in [1.165, 1.54) is 24.3 Å². The molecule has 0 aromatic heterocycles. The summed E-state index contributed by atoms with van der Waals surface area (Å²) in [5.41, 5.74) is 1.42. The first kappa shape index (κ1) is 15.7. The second-order valence-electron chi connectivity index (χ2n) is 4.39. The van der Waals surface area contributed by atoms with Crippen molar-refractivity contribution in [3.63, 3.8) is 0 Å². The zero-order chi connectivity index (χ0) is 15.9. The second-order valence-corrected chi connectivity index (χ2v) is 4.79. The highest BCUT2D eigenvalue weighted by molar-refractivity contribution is 6.32. The Kier molecular flexibility index (Phi) is 5.29. The number of halogens is 2. The fraction of sp³-hybridized carbons (Fsp3) is 0.0588. The van der Waals surface area contributed by atoms with E-state index < -0.39 is 11.8 Å². The van der Waals surface area contributed by atoms with Gasteiger partial charge in [0.1, 0.15) is 12.4 Å². The molecule has 0 fully saturated rings. The minimum Gasteiger partial charge on any atom is -0.458 e. The van der Waals surface area contributed by atoms with Gasteiger partial charge < -0.3 is 4.74 Å². The number of ether oxygens (including phenoxy) is 1. The third-order valence-corrected chi connectivity index (χ3v) is 3.18. The lowest BCUT2D eigenvalue weighted by atomic mass is 10.1. The van der Waals surface area contributed by atoms with Crippen LogP contribution in [0.15, 0.2) is 48.5 Å². The van der Waals surface area contributed by atoms with Crippen molar-refractivity contribution in [3.8, 4) is 6.07 Å². The Morgan fingerprint density at radius 2 is 2.00 bits per heavy atom. The van der Waals surface area contributed by atoms with E-state index in [4.69, 9.17) is 21.6 Å². The second kappa shape index (κ2) is 7.39. The van der Waals surface area contributed by atoms with E-state index in [0.717, 1.165) is 11.6 Å². The average molecular weight is 316 g/mol. The molecule has 0 atom stereocenters. The maximum atomic E-state index is 13.5. The SMILES string of the molecule is N#Cc1ccc(COC(=O)/C=C/c2c(F)cccc2Cl)cc1. The highest BCUT2D eigenvalue weighted by atomic mass is 35.5. The number of rotatable bonds is 4. The quantitative estimate of drug-likeness (QED) is 0.630. The molecule has 2 rings (SSSR count). The summed E-state index contributed by atoms with van der Waals surface area (Å²) in [5.74, 6) is -1.12. The van der Waals surface area contributed by atoms with E-state index in [0.29, 0.717) is 5.56 Å². The van der Waals surface area contributed by atoms with Gasteiger partial charge >= 0.3 is 5.97 Å². The van der Waals surface area contributed by atoms with Crippen molar-refractivity contribution in [2.24, 2.45) is 0 Å². The fourth-order valence-electron chi connectivity index (χ4n) is 1.70. The van der Waals surface area contributed by atoms with Crippen molar-refractivity contribution in [1.82, 2.24) is 0 Å². The first-order chi connectivity index (χ1) is 10.6. The predicted octanol–water partition coefficient (Wildman–Crippen LogP) is 4.11. The summed E-state index contributed by atoms with van der Waals surface area (Å²) in [5, 5.41) is 8.90. The number of hydrogen-bond donors (Lipinski definition) is 0. The Morgan fingerprint density at radius 3 is 2.64 bits per heavy atom. The summed E-state index contributed by atoms with van der Waals surface area (Å²) in [4.78, 5) is 11.6. The van der Waals surface area contributed by atoms with E-state index in [1.807, 2.05) is 6.07 Å². The van der Waals surface area contributed by atoms with Crippen LogP contribution >= 0.6 is 11.6 Å². The van der Waals surface area contributed by atoms with Gasteiger partial charge in [0, 0.05) is 11.6 Å². The van der Waals surface area contributed by atoms with Gasteiger partial charge in [0.2, 0.25) is 0 Å². The fourth-order valence-corrected chi connectivity index (χ4v) is 1.93. The van der Waals surface area contributed by atoms with E-state index >= 15 is 0 Å². The van der Waals surface area contributed by atoms with Gasteiger partial charge in [-0.25, -0.2) is 9.18 Å². The van der Waals surface area contributed by atoms with Crippen LogP contribution < -0.4 is 0 Å². The summed E-state index contributed by atoms with van der Waals surface area (Å²) in [7, 11) is 0. The van der Waals surface area contributed by atoms with Crippen LogP contribution in [-0.4, -0.2) is 5.97 Å². The first-order valence-electron chi connectivity index (χ1n) is 6.38. The number of carbonyl (C=O) groups is 1. The van der Waals surface area contributed by atoms with Crippen LogP contribution in [0.1, 0.15) is 16.7 Å². The highest BCUT2D eigenvalue weighted by Crippen LogP contribution is 2.20. The Morgan fingerprint density at radius 1 is 1.27 bits per heavy atom. The number of esters is 1. The molecule has 3 nitrogen and oxygen atoms in total. The largest absolute Gasteiger partial charge is 0.458 e. The normalized spacial score (nSPS) is 10.4. The van der Waals surface area contributed by atoms with Crippen LogP contribution in [-0.2, 0) is 16.1 Å². The van der Waals surface area contributed by atoms with Crippen molar-refractivity contribution in [1.29, 1.82) is 5.26 Å². The molecule has 2 aromatic rings. The van der Waals surface area contributed by atoms with Crippen LogP contribution in [0.5, 0.6) is 0 Å². The molecular weight excluding hydrogens is 305 g/mol. The standard InChI is InChI=1S/C17H11ClFNO2/c18-15-2-1-3-16(19)14(15)8-9-17(21)22-11-13-6-4-12(10-20)5-7-13/h1-9H,11H2/b9-8+. The van der Waals surface area contributed by atoms with Gasteiger partial charge in [0.25, 0.3) is 0 Å². The van der Waals surface area contributed by atoms with Gasteiger partial charge in [-0.2, -0.15) is 5.26 Å². The molecule has 0 amide bonds. The molecule has 0 saturated carbocycles. The van der Waals surface area contributed by atoms with Crippen molar-refractivity contribution in [3.05, 3.63) is 76.1 Å². The maximum absolute atomic E-state index is 13.5. The summed E-state index contributed by atoms with van der Waals surface area (Å²) in [6.07, 6.45) is 2.40. The monoisotopic (exact) mass is 315 g/mol. The van der Waals surface area contributed by atoms with E-state index in [9.17, 15) is 9.18 Å². The molecule has 0 aliphatic heterocycles. The van der Waals surface area contributed by atoms with Gasteiger partial charge in [0.15, 0.2) is 0 Å². The van der Waals surface area contributed by atoms with E-state index in [2.05, 4.69) is 0 Å². The molecule has 2 aromatic carbocycles. The molecule has 0 spiro atoms. The van der Waals surface area contributed by atoms with Crippen LogP contribution in [0.4, 0.5) is 4.39 Å². The Labute approximate surface area is 132 Å². The lowest BCUT2D eigenvalue weighted by Crippen LogP contribution is -2.00. The Bertz CT molecular complexity index is 728. The first-order valence-corrected chi connectivity index (χ1v) is 6.76. The number of hydrogen-bond acceptors (Lipinski definition) is 3. The molecule has 0 heterocycles. The summed E-state index contributed by atoms with van der Waals surface area (Å²) >= 11 is 5.84. The third kappa shape index (κ3) is 4.18. The van der Waals surface area contributed by atoms with Crippen LogP contribution in [0, 0.1) is 17.1 Å². The average Bonchev–Trinajstić information content (AvgIpc) is 2.53. The molecule has 0 N–H and O–H groups in total. The number of nitriles is 1. The van der Waals surface area contributed by atoms with E-state index in [1.54, 1.807) is 24.3 Å². The molecule has 110 valence electrons. The lowest BCUT2D eigenvalue weighted by molar-refractivity contribution is -0.138. The van der Waals surface area contributed by atoms with Gasteiger partial charge in [-0.05, 0) is 35.9 Å². The molecule has 0 bridgehead atoms. The molecule has 22 heavy (non-hydrogen) atoms. The van der Waals surface area contributed by atoms with Gasteiger partial charge in [0.05, 0.1) is 16.7 Å². The molecule has 0 aliphatic carbocycles. The van der Waals surface area contributed by atoms with Crippen molar-refractivity contribution >= 4 is 23.6 Å². The van der Waals surface area contributed by atoms with Crippen LogP contribution in [0.25, 0.3) is 6.08 Å². The Hall–Kier alpha value is -2.64. The van der Waals surface area contributed by atoms with Crippen molar-refractivity contribution in [2.45, 2.75) is 6.61 Å². The number of benzene rings is 2. The lowest BCUT2D eigenvalue weighted by Gasteiger charge is -2.03. The topological polar surface area (TPSA) is 50.1 Å². The summed E-state index contributed by atoms with van der Waals surface area (Å²) in [6.45, 7) is 0.0693. The molecule has 0 unspecified atom stereocenters. The molecule has 0 radical (unpaired) electrons. The smallest absolute Gasteiger partial charge is 0.331 e. The van der Waals surface area contributed by atoms with Crippen molar-refractivity contribution < 1.29 is 13.9 Å². The van der Waals surface area contributed by atoms with Gasteiger partial charge in [-0.15, -0.1) is 0 Å². The number of carbonyl (C=O) groups excluding carboxylic acids is 1. The van der Waals surface area contributed by atoms with Gasteiger partial charge in [-0.1, -0.05) is 29.8 Å². The zero-order valence-corrected chi connectivity index (χ0v) is 12.2. The highest BCUT2D eigenvalue weighted by Gasteiger charge is 2.05. The van der Waals surface area contributed by atoms with Crippen LogP contribution in [0.3, 0.4) is 0 Å². The number of nitrogens with zero attached hydrogens (tertiary/aromatic N) is 1. The van der Waals surface area contributed by atoms with Gasteiger partial charge in [-0.3, -0.25) is 0 Å². The minimum atomic E-state index is -0.608.